The third-order valence-corrected chi connectivity index (χ3v) is 5.38. The number of nitrogens with one attached hydrogen (secondary N) is 1. The van der Waals surface area contributed by atoms with Crippen molar-refractivity contribution in [1.29, 1.82) is 5.26 Å². The molecule has 0 radical (unpaired) electrons. The Morgan fingerprint density at radius 3 is 2.70 bits per heavy atom. The van der Waals surface area contributed by atoms with Crippen LogP contribution in [0.4, 0.5) is 10.7 Å². The molecule has 3 rings (SSSR count). The van der Waals surface area contributed by atoms with E-state index in [4.69, 9.17) is 5.73 Å². The topological polar surface area (TPSA) is 78.9 Å². The summed E-state index contributed by atoms with van der Waals surface area (Å²) in [7, 11) is 0. The number of hydrogen-bond donors (Lipinski definition) is 2. The van der Waals surface area contributed by atoms with Crippen LogP contribution in [0.2, 0.25) is 0 Å². The summed E-state index contributed by atoms with van der Waals surface area (Å²) in [5.74, 6) is 0.0280. The molecule has 0 spiro atoms. The second-order valence-electron chi connectivity index (χ2n) is 6.21. The number of allylic oxidation sites excluding steroid dienone is 1. The summed E-state index contributed by atoms with van der Waals surface area (Å²) in [5.41, 5.74) is 8.23. The van der Waals surface area contributed by atoms with E-state index in [1.165, 1.54) is 11.3 Å². The fourth-order valence-electron chi connectivity index (χ4n) is 2.85. The van der Waals surface area contributed by atoms with E-state index in [1.807, 2.05) is 44.2 Å². The van der Waals surface area contributed by atoms with E-state index in [0.29, 0.717) is 28.1 Å². The summed E-state index contributed by atoms with van der Waals surface area (Å²) in [6.07, 6.45) is 2.10. The molecule has 4 nitrogen and oxygen atoms in total. The van der Waals surface area contributed by atoms with Crippen LogP contribution in [0.3, 0.4) is 0 Å². The lowest BCUT2D eigenvalue weighted by molar-refractivity contribution is -0.114. The van der Waals surface area contributed by atoms with Gasteiger partial charge in [-0.1, -0.05) is 32.0 Å². The van der Waals surface area contributed by atoms with Gasteiger partial charge in [-0.3, -0.25) is 4.79 Å². The lowest BCUT2D eigenvalue weighted by atomic mass is 9.74. The molecule has 1 aromatic heterocycles. The first-order valence-corrected chi connectivity index (χ1v) is 8.14. The number of rotatable bonds is 2. The number of hydrogen-bond acceptors (Lipinski definition) is 5. The summed E-state index contributed by atoms with van der Waals surface area (Å²) in [5, 5.41) is 13.1. The van der Waals surface area contributed by atoms with Gasteiger partial charge in [0.05, 0.1) is 5.56 Å². The van der Waals surface area contributed by atoms with Crippen LogP contribution in [0.25, 0.3) is 5.57 Å². The Bertz CT molecular complexity index is 841. The molecule has 3 N–H and O–H groups in total. The zero-order valence-electron chi connectivity index (χ0n) is 13.0. The Labute approximate surface area is 139 Å². The highest BCUT2D eigenvalue weighted by Crippen LogP contribution is 2.48. The fraction of sp³-hybridized carbons (Fsp3) is 0.222. The first kappa shape index (κ1) is 15.3. The van der Waals surface area contributed by atoms with Gasteiger partial charge in [0, 0.05) is 39.7 Å². The zero-order valence-corrected chi connectivity index (χ0v) is 13.8. The molecule has 1 aromatic carbocycles. The minimum atomic E-state index is -0.301. The molecule has 0 aliphatic heterocycles. The second-order valence-corrected chi connectivity index (χ2v) is 7.26. The molecular formula is C18H17N3OS. The van der Waals surface area contributed by atoms with Crippen molar-refractivity contribution in [3.63, 3.8) is 0 Å². The van der Waals surface area contributed by atoms with Crippen molar-refractivity contribution < 1.29 is 4.79 Å². The van der Waals surface area contributed by atoms with Gasteiger partial charge in [-0.25, -0.2) is 0 Å². The summed E-state index contributed by atoms with van der Waals surface area (Å²) < 4.78 is 0. The number of para-hydroxylation sites is 1. The van der Waals surface area contributed by atoms with Crippen LogP contribution in [-0.4, -0.2) is 5.78 Å². The highest BCUT2D eigenvalue weighted by Gasteiger charge is 2.39. The summed E-state index contributed by atoms with van der Waals surface area (Å²) in [6, 6.07) is 11.8. The Balaban J connectivity index is 2.12. The van der Waals surface area contributed by atoms with E-state index in [1.54, 1.807) is 6.20 Å². The monoisotopic (exact) mass is 323 g/mol. The van der Waals surface area contributed by atoms with Crippen molar-refractivity contribution in [3.05, 3.63) is 52.5 Å². The molecule has 2 aromatic rings. The standard InChI is InChI=1S/C18H17N3OS/c1-18(2)8-14(22)13(10-21-11-6-4-3-5-7-11)15-12(9-19)17(20)23-16(15)18/h3-7,10,21H,8,20H2,1-2H3. The maximum atomic E-state index is 12.6. The summed E-state index contributed by atoms with van der Waals surface area (Å²) in [4.78, 5) is 13.6. The molecule has 116 valence electrons. The van der Waals surface area contributed by atoms with Crippen molar-refractivity contribution in [2.24, 2.45) is 0 Å². The SMILES string of the molecule is CC1(C)CC(=O)C(=CNc2ccccc2)c2c1sc(N)c2C#N. The fourth-order valence-corrected chi connectivity index (χ4v) is 3.98. The molecular weight excluding hydrogens is 306 g/mol. The highest BCUT2D eigenvalue weighted by molar-refractivity contribution is 7.16. The Hall–Kier alpha value is -2.58. The van der Waals surface area contributed by atoms with E-state index >= 15 is 0 Å². The van der Waals surface area contributed by atoms with E-state index in [-0.39, 0.29) is 11.2 Å². The van der Waals surface area contributed by atoms with Crippen molar-refractivity contribution in [2.45, 2.75) is 25.7 Å². The molecule has 0 bridgehead atoms. The Morgan fingerprint density at radius 1 is 1.35 bits per heavy atom. The number of thiophene rings is 1. The quantitative estimate of drug-likeness (QED) is 0.821. The summed E-state index contributed by atoms with van der Waals surface area (Å²) >= 11 is 1.41. The largest absolute Gasteiger partial charge is 0.389 e. The number of carbonyl (C=O) groups excluding carboxylic acids is 1. The maximum absolute atomic E-state index is 12.6. The molecule has 0 atom stereocenters. The number of nitriles is 1. The predicted molar refractivity (Wildman–Crippen MR) is 94.1 cm³/mol. The number of nitrogens with zero attached hydrogens (tertiary/aromatic N) is 1. The summed E-state index contributed by atoms with van der Waals surface area (Å²) in [6.45, 7) is 4.03. The van der Waals surface area contributed by atoms with Gasteiger partial charge >= 0.3 is 0 Å². The molecule has 5 heteroatoms. The number of nitrogen functional groups attached to an aromatic ring is 1. The van der Waals surface area contributed by atoms with E-state index in [9.17, 15) is 10.1 Å². The van der Waals surface area contributed by atoms with Gasteiger partial charge in [-0.2, -0.15) is 5.26 Å². The van der Waals surface area contributed by atoms with E-state index < -0.39 is 0 Å². The van der Waals surface area contributed by atoms with Crippen molar-refractivity contribution in [1.82, 2.24) is 0 Å². The maximum Gasteiger partial charge on any atom is 0.165 e. The molecule has 0 fully saturated rings. The average molecular weight is 323 g/mol. The van der Waals surface area contributed by atoms with Crippen LogP contribution >= 0.6 is 11.3 Å². The normalized spacial score (nSPS) is 17.6. The van der Waals surface area contributed by atoms with Gasteiger partial charge in [-0.15, -0.1) is 11.3 Å². The van der Waals surface area contributed by atoms with Crippen molar-refractivity contribution in [2.75, 3.05) is 11.1 Å². The molecule has 0 unspecified atom stereocenters. The van der Waals surface area contributed by atoms with Crippen LogP contribution in [0.1, 0.15) is 36.3 Å². The molecule has 0 saturated carbocycles. The number of fused-ring (bicyclic) bond motifs is 1. The number of anilines is 2. The van der Waals surface area contributed by atoms with Crippen molar-refractivity contribution in [3.8, 4) is 6.07 Å². The number of nitrogens with two attached hydrogens (primary N) is 1. The van der Waals surface area contributed by atoms with Crippen LogP contribution in [-0.2, 0) is 10.2 Å². The third-order valence-electron chi connectivity index (χ3n) is 3.99. The number of ketones is 1. The van der Waals surface area contributed by atoms with Gasteiger partial charge in [0.15, 0.2) is 5.78 Å². The van der Waals surface area contributed by atoms with Gasteiger partial charge < -0.3 is 11.1 Å². The van der Waals surface area contributed by atoms with Crippen LogP contribution in [0.5, 0.6) is 0 Å². The third kappa shape index (κ3) is 2.62. The molecule has 23 heavy (non-hydrogen) atoms. The number of Topliss-reactive ketones (excluding diaryl/α,β-unsaturated/α-hetero) is 1. The Morgan fingerprint density at radius 2 is 2.04 bits per heavy atom. The molecule has 0 amide bonds. The van der Waals surface area contributed by atoms with E-state index in [2.05, 4.69) is 11.4 Å². The Kier molecular flexibility index (Phi) is 3.70. The minimum Gasteiger partial charge on any atom is -0.389 e. The second kappa shape index (κ2) is 5.56. The number of benzene rings is 1. The van der Waals surface area contributed by atoms with Gasteiger partial charge in [0.25, 0.3) is 0 Å². The van der Waals surface area contributed by atoms with Gasteiger partial charge in [-0.05, 0) is 12.1 Å². The predicted octanol–water partition coefficient (Wildman–Crippen LogP) is 3.91. The van der Waals surface area contributed by atoms with Gasteiger partial charge in [0.2, 0.25) is 0 Å². The number of carbonyl (C=O) groups is 1. The van der Waals surface area contributed by atoms with Crippen LogP contribution in [0.15, 0.2) is 36.5 Å². The highest BCUT2D eigenvalue weighted by atomic mass is 32.1. The molecule has 1 heterocycles. The van der Waals surface area contributed by atoms with Crippen LogP contribution < -0.4 is 11.1 Å². The molecule has 1 aliphatic rings. The first-order valence-electron chi connectivity index (χ1n) is 7.32. The zero-order chi connectivity index (χ0) is 16.6. The van der Waals surface area contributed by atoms with E-state index in [0.717, 1.165) is 10.6 Å². The smallest absolute Gasteiger partial charge is 0.165 e. The average Bonchev–Trinajstić information content (AvgIpc) is 2.85. The minimum absolute atomic E-state index is 0.0280. The lowest BCUT2D eigenvalue weighted by Gasteiger charge is -2.30. The van der Waals surface area contributed by atoms with Crippen molar-refractivity contribution >= 4 is 33.4 Å². The van der Waals surface area contributed by atoms with Gasteiger partial charge in [0.1, 0.15) is 11.1 Å². The lowest BCUT2D eigenvalue weighted by Crippen LogP contribution is -2.28. The first-order chi connectivity index (χ1) is 10.9. The van der Waals surface area contributed by atoms with Crippen LogP contribution in [0, 0.1) is 11.3 Å². The molecule has 0 saturated heterocycles. The molecule has 1 aliphatic carbocycles.